The molecule has 0 radical (unpaired) electrons. The van der Waals surface area contributed by atoms with Gasteiger partial charge in [0.25, 0.3) is 0 Å². The molecule has 2 heterocycles. The molecule has 1 atom stereocenters. The number of hydrogen-bond donors (Lipinski definition) is 1. The van der Waals surface area contributed by atoms with Crippen LogP contribution in [-0.4, -0.2) is 55.3 Å². The first-order chi connectivity index (χ1) is 13.9. The number of anilines is 1. The van der Waals surface area contributed by atoms with Crippen molar-refractivity contribution in [2.24, 2.45) is 4.99 Å². The Balaban J connectivity index is 0.00000320. The van der Waals surface area contributed by atoms with Crippen LogP contribution in [0.2, 0.25) is 0 Å². The molecule has 1 aliphatic rings. The summed E-state index contributed by atoms with van der Waals surface area (Å²) in [4.78, 5) is 8.86. The van der Waals surface area contributed by atoms with E-state index >= 15 is 0 Å². The molecule has 0 aliphatic carbocycles. The van der Waals surface area contributed by atoms with Crippen LogP contribution in [0, 0.1) is 25.5 Å². The lowest BCUT2D eigenvalue weighted by molar-refractivity contribution is 0.370. The third-order valence-electron chi connectivity index (χ3n) is 5.26. The average molecular weight is 533 g/mol. The van der Waals surface area contributed by atoms with E-state index in [0.717, 1.165) is 35.6 Å². The van der Waals surface area contributed by atoms with Crippen LogP contribution in [0.3, 0.4) is 0 Å². The van der Waals surface area contributed by atoms with Crippen LogP contribution in [0.25, 0.3) is 0 Å². The number of piperazine rings is 1. The van der Waals surface area contributed by atoms with E-state index in [0.29, 0.717) is 38.4 Å². The maximum Gasteiger partial charge on any atom is 0.194 e. The summed E-state index contributed by atoms with van der Waals surface area (Å²) in [6.45, 7) is 12.0. The lowest BCUT2D eigenvalue weighted by Crippen LogP contribution is -2.52. The van der Waals surface area contributed by atoms with E-state index in [1.165, 1.54) is 12.1 Å². The maximum absolute atomic E-state index is 14.1. The van der Waals surface area contributed by atoms with Gasteiger partial charge in [0.15, 0.2) is 5.96 Å². The topological polar surface area (TPSA) is 56.9 Å². The standard InChI is InChI=1S/C21H29F2N5O.HI/c1-5-24-21(25-13-14(2)20-15(3)26-29-16(20)4)28-10-8-27(9-11-28)19-12-17(22)6-7-18(19)23;/h6-7,12,14H,5,8-11,13H2,1-4H3,(H,24,25);1H. The molecule has 3 rings (SSSR count). The van der Waals surface area contributed by atoms with Crippen LogP contribution < -0.4 is 10.2 Å². The molecule has 0 bridgehead atoms. The van der Waals surface area contributed by atoms with Crippen LogP contribution >= 0.6 is 24.0 Å². The highest BCUT2D eigenvalue weighted by Gasteiger charge is 2.23. The first kappa shape index (κ1) is 24.4. The van der Waals surface area contributed by atoms with Crippen molar-refractivity contribution in [2.75, 3.05) is 44.2 Å². The second kappa shape index (κ2) is 10.9. The molecule has 1 aromatic heterocycles. The van der Waals surface area contributed by atoms with Crippen LogP contribution in [-0.2, 0) is 0 Å². The summed E-state index contributed by atoms with van der Waals surface area (Å²) in [5.41, 5.74) is 2.33. The summed E-state index contributed by atoms with van der Waals surface area (Å²) < 4.78 is 32.9. The largest absolute Gasteiger partial charge is 0.366 e. The van der Waals surface area contributed by atoms with Gasteiger partial charge in [-0.25, -0.2) is 8.78 Å². The molecule has 9 heteroatoms. The zero-order chi connectivity index (χ0) is 21.0. The van der Waals surface area contributed by atoms with Crippen LogP contribution in [0.4, 0.5) is 14.5 Å². The molecule has 2 aromatic rings. The minimum atomic E-state index is -0.424. The van der Waals surface area contributed by atoms with Crippen molar-refractivity contribution >= 4 is 35.6 Å². The highest BCUT2D eigenvalue weighted by atomic mass is 127. The van der Waals surface area contributed by atoms with Crippen molar-refractivity contribution in [3.63, 3.8) is 0 Å². The minimum absolute atomic E-state index is 0. The van der Waals surface area contributed by atoms with E-state index in [1.807, 2.05) is 25.7 Å². The summed E-state index contributed by atoms with van der Waals surface area (Å²) in [5, 5.41) is 7.37. The molecule has 0 saturated carbocycles. The molecule has 1 unspecified atom stereocenters. The van der Waals surface area contributed by atoms with Crippen LogP contribution in [0.5, 0.6) is 0 Å². The molecule has 30 heavy (non-hydrogen) atoms. The van der Waals surface area contributed by atoms with Gasteiger partial charge < -0.3 is 19.6 Å². The van der Waals surface area contributed by atoms with Gasteiger partial charge in [0.2, 0.25) is 0 Å². The Bertz CT molecular complexity index is 846. The highest BCUT2D eigenvalue weighted by Crippen LogP contribution is 2.24. The molecule has 1 N–H and O–H groups in total. The summed E-state index contributed by atoms with van der Waals surface area (Å²) >= 11 is 0. The molecule has 0 spiro atoms. The lowest BCUT2D eigenvalue weighted by Gasteiger charge is -2.37. The normalized spacial score (nSPS) is 15.7. The summed E-state index contributed by atoms with van der Waals surface area (Å²) in [6.07, 6.45) is 0. The molecule has 166 valence electrons. The van der Waals surface area contributed by atoms with Crippen LogP contribution in [0.1, 0.15) is 36.8 Å². The molecule has 1 fully saturated rings. The predicted molar refractivity (Wildman–Crippen MR) is 126 cm³/mol. The number of nitrogens with zero attached hydrogens (tertiary/aromatic N) is 4. The maximum atomic E-state index is 14.1. The van der Waals surface area contributed by atoms with Gasteiger partial charge in [-0.2, -0.15) is 0 Å². The monoisotopic (exact) mass is 533 g/mol. The number of hydrogen-bond acceptors (Lipinski definition) is 4. The molecular formula is C21H30F2IN5O. The van der Waals surface area contributed by atoms with Crippen molar-refractivity contribution in [1.82, 2.24) is 15.4 Å². The fourth-order valence-electron chi connectivity index (χ4n) is 3.82. The van der Waals surface area contributed by atoms with E-state index in [4.69, 9.17) is 9.52 Å². The van der Waals surface area contributed by atoms with E-state index in [9.17, 15) is 8.78 Å². The molecule has 1 aliphatic heterocycles. The Morgan fingerprint density at radius 2 is 1.93 bits per heavy atom. The van der Waals surface area contributed by atoms with Crippen LogP contribution in [0.15, 0.2) is 27.7 Å². The summed E-state index contributed by atoms with van der Waals surface area (Å²) in [5.74, 6) is 1.05. The van der Waals surface area contributed by atoms with E-state index in [1.54, 1.807) is 0 Å². The first-order valence-corrected chi connectivity index (χ1v) is 10.1. The fraction of sp³-hybridized carbons (Fsp3) is 0.524. The molecule has 1 saturated heterocycles. The van der Waals surface area contributed by atoms with E-state index in [-0.39, 0.29) is 29.9 Å². The number of guanidine groups is 1. The Hall–Kier alpha value is -1.91. The Kier molecular flexibility index (Phi) is 8.87. The van der Waals surface area contributed by atoms with Crippen molar-refractivity contribution < 1.29 is 13.3 Å². The number of aliphatic imine (C=N–C) groups is 1. The number of benzene rings is 1. The Morgan fingerprint density at radius 3 is 2.53 bits per heavy atom. The lowest BCUT2D eigenvalue weighted by atomic mass is 10.00. The Labute approximate surface area is 193 Å². The number of aromatic nitrogens is 1. The zero-order valence-electron chi connectivity index (χ0n) is 17.9. The molecular weight excluding hydrogens is 503 g/mol. The van der Waals surface area contributed by atoms with Gasteiger partial charge in [-0.15, -0.1) is 24.0 Å². The molecule has 0 amide bonds. The van der Waals surface area contributed by atoms with Gasteiger partial charge in [-0.1, -0.05) is 12.1 Å². The average Bonchev–Trinajstić information content (AvgIpc) is 3.05. The first-order valence-electron chi connectivity index (χ1n) is 10.1. The van der Waals surface area contributed by atoms with Gasteiger partial charge in [0, 0.05) is 56.8 Å². The summed E-state index contributed by atoms with van der Waals surface area (Å²) in [7, 11) is 0. The number of nitrogens with one attached hydrogen (secondary N) is 1. The highest BCUT2D eigenvalue weighted by molar-refractivity contribution is 14.0. The van der Waals surface area contributed by atoms with Gasteiger partial charge in [-0.3, -0.25) is 4.99 Å². The third kappa shape index (κ3) is 5.61. The van der Waals surface area contributed by atoms with Gasteiger partial charge in [0.1, 0.15) is 17.4 Å². The van der Waals surface area contributed by atoms with Crippen molar-refractivity contribution in [3.05, 3.63) is 46.9 Å². The zero-order valence-corrected chi connectivity index (χ0v) is 20.2. The van der Waals surface area contributed by atoms with Crippen molar-refractivity contribution in [3.8, 4) is 0 Å². The SMILES string of the molecule is CCNC(=NCC(C)c1c(C)noc1C)N1CCN(c2cc(F)ccc2F)CC1.I. The number of rotatable bonds is 5. The molecule has 6 nitrogen and oxygen atoms in total. The second-order valence-corrected chi connectivity index (χ2v) is 7.40. The summed E-state index contributed by atoms with van der Waals surface area (Å²) in [6, 6.07) is 3.58. The van der Waals surface area contributed by atoms with Gasteiger partial charge in [0.05, 0.1) is 11.4 Å². The number of aryl methyl sites for hydroxylation is 2. The van der Waals surface area contributed by atoms with Crippen molar-refractivity contribution in [2.45, 2.75) is 33.6 Å². The van der Waals surface area contributed by atoms with E-state index < -0.39 is 11.6 Å². The fourth-order valence-corrected chi connectivity index (χ4v) is 3.82. The molecule has 1 aromatic carbocycles. The predicted octanol–water partition coefficient (Wildman–Crippen LogP) is 4.08. The second-order valence-electron chi connectivity index (χ2n) is 7.40. The van der Waals surface area contributed by atoms with Gasteiger partial charge in [-0.05, 0) is 32.9 Å². The van der Waals surface area contributed by atoms with Crippen molar-refractivity contribution in [1.29, 1.82) is 0 Å². The quantitative estimate of drug-likeness (QED) is 0.357. The smallest absolute Gasteiger partial charge is 0.194 e. The van der Waals surface area contributed by atoms with E-state index in [2.05, 4.69) is 22.3 Å². The Morgan fingerprint density at radius 1 is 1.23 bits per heavy atom. The minimum Gasteiger partial charge on any atom is -0.366 e. The van der Waals surface area contributed by atoms with Gasteiger partial charge >= 0.3 is 0 Å². The third-order valence-corrected chi connectivity index (χ3v) is 5.26. The number of halogens is 3.